The van der Waals surface area contributed by atoms with Gasteiger partial charge in [-0.15, -0.1) is 0 Å². The van der Waals surface area contributed by atoms with Gasteiger partial charge in [0.1, 0.15) is 0 Å². The van der Waals surface area contributed by atoms with E-state index in [4.69, 9.17) is 4.42 Å². The second kappa shape index (κ2) is 5.86. The summed E-state index contributed by atoms with van der Waals surface area (Å²) < 4.78 is 5.47. The highest BCUT2D eigenvalue weighted by Crippen LogP contribution is 2.64. The number of hydrogen-bond acceptors (Lipinski definition) is 4. The number of hydrogen-bond donors (Lipinski definition) is 1. The quantitative estimate of drug-likeness (QED) is 0.853. The van der Waals surface area contributed by atoms with Crippen LogP contribution in [-0.4, -0.2) is 34.9 Å². The lowest BCUT2D eigenvalue weighted by molar-refractivity contribution is -0.138. The van der Waals surface area contributed by atoms with Gasteiger partial charge in [-0.2, -0.15) is 0 Å². The van der Waals surface area contributed by atoms with Gasteiger partial charge in [-0.25, -0.2) is 4.98 Å². The highest BCUT2D eigenvalue weighted by molar-refractivity contribution is 5.89. The standard InChI is InChI=1S/C22H31N3O2/c1-21-10-8-16-14(4-7-18-22(16,2)11-9-20(26)25(18)3)15(21)5-6-17(21)24-19-12-23-13-27-19/h9,11-18,24H,4-8,10H2,1-3H3/t14-,15-,16+,17?,18?,21-,22+/m0/s1. The second-order valence-corrected chi connectivity index (χ2v) is 9.80. The fourth-order valence-electron chi connectivity index (χ4n) is 7.43. The molecule has 1 aliphatic heterocycles. The summed E-state index contributed by atoms with van der Waals surface area (Å²) in [6, 6.07) is 0.832. The predicted molar refractivity (Wildman–Crippen MR) is 104 cm³/mol. The number of likely N-dealkylation sites (N-methyl/N-ethyl adjacent to an activating group) is 1. The van der Waals surface area contributed by atoms with Gasteiger partial charge < -0.3 is 14.6 Å². The van der Waals surface area contributed by atoms with E-state index in [-0.39, 0.29) is 11.3 Å². The molecule has 5 heteroatoms. The maximum absolute atomic E-state index is 12.2. The summed E-state index contributed by atoms with van der Waals surface area (Å²) in [4.78, 5) is 18.3. The van der Waals surface area contributed by atoms with Crippen molar-refractivity contribution in [3.63, 3.8) is 0 Å². The van der Waals surface area contributed by atoms with Crippen LogP contribution in [0.1, 0.15) is 52.4 Å². The number of anilines is 1. The van der Waals surface area contributed by atoms with E-state index in [1.807, 2.05) is 18.0 Å². The van der Waals surface area contributed by atoms with Crippen LogP contribution in [0.3, 0.4) is 0 Å². The van der Waals surface area contributed by atoms with Crippen LogP contribution in [0.2, 0.25) is 0 Å². The Labute approximate surface area is 161 Å². The number of amides is 1. The van der Waals surface area contributed by atoms with Crippen LogP contribution in [0.5, 0.6) is 0 Å². The molecule has 0 bridgehead atoms. The van der Waals surface area contributed by atoms with Crippen molar-refractivity contribution in [2.45, 2.75) is 64.5 Å². The molecule has 2 unspecified atom stereocenters. The fraction of sp³-hybridized carbons (Fsp3) is 0.727. The topological polar surface area (TPSA) is 58.4 Å². The summed E-state index contributed by atoms with van der Waals surface area (Å²) in [6.07, 6.45) is 14.8. The SMILES string of the molecule is CN1C(=O)C=C[C@@]2(C)C1CC[C@@H]1[C@H]2CC[C@]2(C)C(Nc3cnco3)CC[C@@H]12. The van der Waals surface area contributed by atoms with E-state index >= 15 is 0 Å². The molecular weight excluding hydrogens is 338 g/mol. The first-order valence-corrected chi connectivity index (χ1v) is 10.5. The molecule has 0 radical (unpaired) electrons. The Kier molecular flexibility index (Phi) is 3.76. The first-order chi connectivity index (χ1) is 12.9. The maximum Gasteiger partial charge on any atom is 0.246 e. The molecule has 3 aliphatic carbocycles. The van der Waals surface area contributed by atoms with Crippen molar-refractivity contribution in [1.29, 1.82) is 0 Å². The summed E-state index contributed by atoms with van der Waals surface area (Å²) in [7, 11) is 1.99. The minimum Gasteiger partial charge on any atom is -0.428 e. The van der Waals surface area contributed by atoms with Crippen LogP contribution in [0.15, 0.2) is 29.2 Å². The minimum absolute atomic E-state index is 0.128. The van der Waals surface area contributed by atoms with Crippen molar-refractivity contribution < 1.29 is 9.21 Å². The summed E-state index contributed by atoms with van der Waals surface area (Å²) in [6.45, 7) is 4.91. The van der Waals surface area contributed by atoms with E-state index in [1.165, 1.54) is 38.5 Å². The zero-order chi connectivity index (χ0) is 18.8. The van der Waals surface area contributed by atoms with Crippen molar-refractivity contribution in [3.8, 4) is 0 Å². The maximum atomic E-state index is 12.2. The van der Waals surface area contributed by atoms with Crippen molar-refractivity contribution in [3.05, 3.63) is 24.7 Å². The van der Waals surface area contributed by atoms with E-state index in [0.29, 0.717) is 23.4 Å². The molecule has 0 saturated heterocycles. The van der Waals surface area contributed by atoms with Gasteiger partial charge in [-0.05, 0) is 67.8 Å². The van der Waals surface area contributed by atoms with Gasteiger partial charge in [0.2, 0.25) is 11.8 Å². The van der Waals surface area contributed by atoms with Gasteiger partial charge >= 0.3 is 0 Å². The number of rotatable bonds is 2. The molecule has 5 rings (SSSR count). The zero-order valence-corrected chi connectivity index (χ0v) is 16.6. The molecular formula is C22H31N3O2. The number of oxazole rings is 1. The van der Waals surface area contributed by atoms with E-state index in [0.717, 1.165) is 24.1 Å². The first kappa shape index (κ1) is 17.3. The fourth-order valence-corrected chi connectivity index (χ4v) is 7.43. The molecule has 0 spiro atoms. The molecule has 0 aromatic carbocycles. The van der Waals surface area contributed by atoms with E-state index in [9.17, 15) is 4.79 Å². The number of aromatic nitrogens is 1. The lowest BCUT2D eigenvalue weighted by Gasteiger charge is -2.60. The number of fused-ring (bicyclic) bond motifs is 5. The third kappa shape index (κ3) is 2.36. The van der Waals surface area contributed by atoms with Gasteiger partial charge in [0.05, 0.1) is 6.20 Å². The van der Waals surface area contributed by atoms with Crippen molar-refractivity contribution in [2.24, 2.45) is 28.6 Å². The molecule has 2 heterocycles. The predicted octanol–water partition coefficient (Wildman–Crippen LogP) is 4.09. The molecule has 7 atom stereocenters. The van der Waals surface area contributed by atoms with Crippen LogP contribution in [0.25, 0.3) is 0 Å². The van der Waals surface area contributed by atoms with Crippen LogP contribution < -0.4 is 5.32 Å². The van der Waals surface area contributed by atoms with E-state index < -0.39 is 0 Å². The van der Waals surface area contributed by atoms with Gasteiger partial charge in [-0.3, -0.25) is 4.79 Å². The highest BCUT2D eigenvalue weighted by atomic mass is 16.4. The number of nitrogens with zero attached hydrogens (tertiary/aromatic N) is 2. The highest BCUT2D eigenvalue weighted by Gasteiger charge is 2.60. The molecule has 146 valence electrons. The molecule has 3 saturated carbocycles. The zero-order valence-electron chi connectivity index (χ0n) is 16.6. The Morgan fingerprint density at radius 1 is 1.19 bits per heavy atom. The molecule has 1 aromatic heterocycles. The van der Waals surface area contributed by atoms with Gasteiger partial charge in [0, 0.05) is 24.5 Å². The Hall–Kier alpha value is -1.78. The minimum atomic E-state index is 0.128. The lowest BCUT2D eigenvalue weighted by Crippen LogP contribution is -2.60. The van der Waals surface area contributed by atoms with Crippen molar-refractivity contribution >= 4 is 11.8 Å². The number of nitrogens with one attached hydrogen (secondary N) is 1. The van der Waals surface area contributed by atoms with Crippen molar-refractivity contribution in [1.82, 2.24) is 9.88 Å². The van der Waals surface area contributed by atoms with Crippen LogP contribution in [0, 0.1) is 28.6 Å². The second-order valence-electron chi connectivity index (χ2n) is 9.80. The van der Waals surface area contributed by atoms with Gasteiger partial charge in [0.15, 0.2) is 6.39 Å². The molecule has 1 amide bonds. The average molecular weight is 370 g/mol. The molecule has 27 heavy (non-hydrogen) atoms. The Morgan fingerprint density at radius 3 is 2.81 bits per heavy atom. The molecule has 3 fully saturated rings. The van der Waals surface area contributed by atoms with Gasteiger partial charge in [-0.1, -0.05) is 19.9 Å². The van der Waals surface area contributed by atoms with Crippen molar-refractivity contribution in [2.75, 3.05) is 12.4 Å². The third-order valence-corrected chi connectivity index (χ3v) is 8.88. The normalized spacial score (nSPS) is 46.0. The summed E-state index contributed by atoms with van der Waals surface area (Å²) in [5.41, 5.74) is 0.445. The molecule has 1 aromatic rings. The molecule has 4 aliphatic rings. The largest absolute Gasteiger partial charge is 0.428 e. The Bertz CT molecular complexity index is 760. The summed E-state index contributed by atoms with van der Waals surface area (Å²) >= 11 is 0. The van der Waals surface area contributed by atoms with E-state index in [2.05, 4.69) is 30.2 Å². The van der Waals surface area contributed by atoms with Crippen LogP contribution >= 0.6 is 0 Å². The average Bonchev–Trinajstić information content (AvgIpc) is 3.27. The molecule has 1 N–H and O–H groups in total. The van der Waals surface area contributed by atoms with Crippen LogP contribution in [-0.2, 0) is 4.79 Å². The summed E-state index contributed by atoms with van der Waals surface area (Å²) in [5.74, 6) is 3.18. The van der Waals surface area contributed by atoms with Gasteiger partial charge in [0.25, 0.3) is 0 Å². The van der Waals surface area contributed by atoms with E-state index in [1.54, 1.807) is 6.20 Å². The van der Waals surface area contributed by atoms with Crippen LogP contribution in [0.4, 0.5) is 5.88 Å². The monoisotopic (exact) mass is 369 g/mol. The lowest BCUT2D eigenvalue weighted by atomic mass is 9.48. The number of carbonyl (C=O) groups excluding carboxylic acids is 1. The smallest absolute Gasteiger partial charge is 0.246 e. The first-order valence-electron chi connectivity index (χ1n) is 10.5. The third-order valence-electron chi connectivity index (χ3n) is 8.88. The number of carbonyl (C=O) groups is 1. The molecule has 5 nitrogen and oxygen atoms in total. The Balaban J connectivity index is 1.42. The Morgan fingerprint density at radius 2 is 2.04 bits per heavy atom. The summed E-state index contributed by atoms with van der Waals surface area (Å²) in [5, 5.41) is 3.64.